The molecular formula is C57H55F6N9O5. The van der Waals surface area contributed by atoms with Crippen molar-refractivity contribution in [3.63, 3.8) is 0 Å². The number of anilines is 2. The second kappa shape index (κ2) is 25.5. The second-order valence-corrected chi connectivity index (χ2v) is 18.5. The first kappa shape index (κ1) is 54.9. The average molecular weight is 1060 g/mol. The number of hydrogen-bond donors (Lipinski definition) is 1. The molecule has 7 aromatic rings. The van der Waals surface area contributed by atoms with E-state index in [0.29, 0.717) is 37.6 Å². The number of carbonyl (C=O) groups is 4. The molecule has 1 aromatic heterocycles. The molecule has 0 aliphatic carbocycles. The van der Waals surface area contributed by atoms with Gasteiger partial charge in [-0.1, -0.05) is 103 Å². The fourth-order valence-electron chi connectivity index (χ4n) is 8.63. The first-order chi connectivity index (χ1) is 37.1. The van der Waals surface area contributed by atoms with Crippen LogP contribution in [-0.2, 0) is 17.9 Å². The van der Waals surface area contributed by atoms with Gasteiger partial charge >= 0.3 is 24.9 Å². The Balaban J connectivity index is 0.000000204. The number of carbonyl (C=O) groups excluding carboxylic acids is 4. The van der Waals surface area contributed by atoms with E-state index >= 15 is 8.78 Å². The predicted molar refractivity (Wildman–Crippen MR) is 279 cm³/mol. The fraction of sp³-hybridized carbons (Fsp3) is 0.263. The van der Waals surface area contributed by atoms with Gasteiger partial charge in [-0.25, -0.2) is 18.4 Å². The van der Waals surface area contributed by atoms with Gasteiger partial charge in [0.25, 0.3) is 11.8 Å². The molecule has 14 nitrogen and oxygen atoms in total. The van der Waals surface area contributed by atoms with Crippen molar-refractivity contribution in [2.24, 2.45) is 0 Å². The van der Waals surface area contributed by atoms with Crippen molar-refractivity contribution in [1.82, 2.24) is 35.1 Å². The van der Waals surface area contributed by atoms with E-state index in [0.717, 1.165) is 60.6 Å². The van der Waals surface area contributed by atoms with Crippen molar-refractivity contribution in [2.45, 2.75) is 25.9 Å². The maximum atomic E-state index is 15.3. The average Bonchev–Trinajstić information content (AvgIpc) is 3.96. The molecule has 77 heavy (non-hydrogen) atoms. The van der Waals surface area contributed by atoms with Crippen LogP contribution in [0, 0.1) is 11.6 Å². The van der Waals surface area contributed by atoms with Crippen LogP contribution in [0.5, 0.6) is 0 Å². The van der Waals surface area contributed by atoms with Crippen LogP contribution in [0.4, 0.5) is 47.3 Å². The van der Waals surface area contributed by atoms with Crippen molar-refractivity contribution in [3.8, 4) is 33.7 Å². The number of piperazine rings is 2. The molecule has 2 aliphatic heterocycles. The Hall–Kier alpha value is -8.36. The lowest BCUT2D eigenvalue weighted by Gasteiger charge is -2.36. The van der Waals surface area contributed by atoms with Crippen molar-refractivity contribution in [3.05, 3.63) is 180 Å². The molecule has 400 valence electrons. The number of rotatable bonds is 14. The highest BCUT2D eigenvalue weighted by molar-refractivity contribution is 6.00. The van der Waals surface area contributed by atoms with Gasteiger partial charge in [0.2, 0.25) is 5.89 Å². The van der Waals surface area contributed by atoms with E-state index in [9.17, 15) is 36.7 Å². The number of urea groups is 2. The van der Waals surface area contributed by atoms with E-state index in [1.165, 1.54) is 29.2 Å². The molecule has 2 saturated heterocycles. The minimum absolute atomic E-state index is 0.0261. The van der Waals surface area contributed by atoms with Gasteiger partial charge in [0.05, 0.1) is 19.6 Å². The molecule has 0 saturated carbocycles. The minimum atomic E-state index is -3.25. The summed E-state index contributed by atoms with van der Waals surface area (Å²) in [4.78, 5) is 61.6. The van der Waals surface area contributed by atoms with Crippen molar-refractivity contribution in [1.29, 1.82) is 0 Å². The van der Waals surface area contributed by atoms with Crippen molar-refractivity contribution >= 4 is 35.1 Å². The van der Waals surface area contributed by atoms with Crippen LogP contribution in [-0.4, -0.2) is 133 Å². The smallest absolute Gasteiger partial charge is 0.324 e. The fourth-order valence-corrected chi connectivity index (χ4v) is 8.63. The van der Waals surface area contributed by atoms with Crippen LogP contribution < -0.4 is 15.1 Å². The standard InChI is InChI=1S/C29H29F3N4O3.C28H26F3N5O2/c1-34-12-14-35(15-13-34)29(39)36(24-9-5-8-21(16-24)20-6-3-2-4-7-20)19-23-11-10-22(17-25(23)30)26(37)18-33-28(38)27(31)32;1-34-12-14-35(15-13-34)28(37)36(23-9-5-8-20(16-23)19-6-3-2-4-7-19)18-22-11-10-21(17-24(22)29)26-32-33-27(38-26)25(30)31/h2-11,16-17,27H,12-15,18-19H2,1H3,(H,33,38);2-11,16-17,25H,12-15,18H2,1H3. The number of Topliss-reactive ketones (excluding diaryl/α,β-unsaturated/α-hetero) is 1. The summed E-state index contributed by atoms with van der Waals surface area (Å²) in [5.74, 6) is -4.66. The number of ketones is 1. The maximum Gasteiger partial charge on any atom is 0.324 e. The Kier molecular flexibility index (Phi) is 18.1. The topological polar surface area (TPSA) is 139 Å². The number of aromatic nitrogens is 2. The van der Waals surface area contributed by atoms with E-state index in [1.54, 1.807) is 20.8 Å². The molecule has 2 aliphatic rings. The quantitative estimate of drug-likeness (QED) is 0.0833. The number of alkyl halides is 4. The Bertz CT molecular complexity index is 3150. The van der Waals surface area contributed by atoms with Crippen LogP contribution >= 0.6 is 0 Å². The summed E-state index contributed by atoms with van der Waals surface area (Å²) in [6.07, 6.45) is -6.16. The molecule has 1 N–H and O–H groups in total. The Morgan fingerprint density at radius 1 is 0.545 bits per heavy atom. The van der Waals surface area contributed by atoms with Crippen LogP contribution in [0.1, 0.15) is 33.8 Å². The van der Waals surface area contributed by atoms with E-state index in [-0.39, 0.29) is 53.3 Å². The summed E-state index contributed by atoms with van der Waals surface area (Å²) in [7, 11) is 3.99. The van der Waals surface area contributed by atoms with E-state index in [1.807, 2.05) is 123 Å². The van der Waals surface area contributed by atoms with Gasteiger partial charge in [0.15, 0.2) is 5.78 Å². The van der Waals surface area contributed by atoms with Crippen LogP contribution in [0.3, 0.4) is 0 Å². The second-order valence-electron chi connectivity index (χ2n) is 18.5. The van der Waals surface area contributed by atoms with Gasteiger partial charge in [-0.2, -0.15) is 17.6 Å². The molecule has 0 spiro atoms. The molecule has 9 rings (SSSR count). The number of hydrogen-bond acceptors (Lipinski definition) is 9. The first-order valence-electron chi connectivity index (χ1n) is 24.7. The Morgan fingerprint density at radius 3 is 1.45 bits per heavy atom. The highest BCUT2D eigenvalue weighted by atomic mass is 19.3. The summed E-state index contributed by atoms with van der Waals surface area (Å²) >= 11 is 0. The van der Waals surface area contributed by atoms with Crippen molar-refractivity contribution in [2.75, 3.05) is 82.8 Å². The predicted octanol–water partition coefficient (Wildman–Crippen LogP) is 10.3. The number of nitrogens with zero attached hydrogens (tertiary/aromatic N) is 8. The number of likely N-dealkylation sites (N-methyl/N-ethyl adjacent to an activating group) is 2. The van der Waals surface area contributed by atoms with Gasteiger partial charge < -0.3 is 29.3 Å². The zero-order valence-electron chi connectivity index (χ0n) is 42.2. The molecule has 5 amide bonds. The normalized spacial score (nSPS) is 14.0. The monoisotopic (exact) mass is 1060 g/mol. The molecule has 0 atom stereocenters. The van der Waals surface area contributed by atoms with Gasteiger partial charge in [0.1, 0.15) is 11.6 Å². The zero-order chi connectivity index (χ0) is 54.6. The lowest BCUT2D eigenvalue weighted by atomic mass is 10.0. The van der Waals surface area contributed by atoms with Gasteiger partial charge in [-0.15, -0.1) is 10.2 Å². The highest BCUT2D eigenvalue weighted by Crippen LogP contribution is 2.31. The summed E-state index contributed by atoms with van der Waals surface area (Å²) in [6.45, 7) is 4.33. The van der Waals surface area contributed by atoms with Crippen LogP contribution in [0.2, 0.25) is 0 Å². The van der Waals surface area contributed by atoms with Gasteiger partial charge in [0, 0.05) is 86.0 Å². The molecular weight excluding hydrogens is 1000 g/mol. The van der Waals surface area contributed by atoms with Gasteiger partial charge in [-0.05, 0) is 78.8 Å². The molecule has 6 aromatic carbocycles. The molecule has 20 heteroatoms. The molecule has 0 bridgehead atoms. The minimum Gasteiger partial charge on any atom is -0.415 e. The largest absolute Gasteiger partial charge is 0.415 e. The number of halogens is 6. The van der Waals surface area contributed by atoms with Crippen LogP contribution in [0.25, 0.3) is 33.7 Å². The number of nitrogens with one attached hydrogen (secondary N) is 1. The number of benzene rings is 6. The zero-order valence-corrected chi connectivity index (χ0v) is 42.2. The summed E-state index contributed by atoms with van der Waals surface area (Å²) in [6, 6.07) is 41.9. The van der Waals surface area contributed by atoms with E-state index < -0.39 is 48.6 Å². The first-order valence-corrected chi connectivity index (χ1v) is 24.7. The summed E-state index contributed by atoms with van der Waals surface area (Å²) in [5.41, 5.74) is 5.57. The van der Waals surface area contributed by atoms with Gasteiger partial charge in [-0.3, -0.25) is 19.4 Å². The Labute approximate surface area is 441 Å². The lowest BCUT2D eigenvalue weighted by molar-refractivity contribution is -0.131. The third kappa shape index (κ3) is 14.1. The third-order valence-corrected chi connectivity index (χ3v) is 13.1. The molecule has 3 heterocycles. The van der Waals surface area contributed by atoms with E-state index in [2.05, 4.69) is 20.0 Å². The Morgan fingerprint density at radius 2 is 1.01 bits per heavy atom. The highest BCUT2D eigenvalue weighted by Gasteiger charge is 2.29. The summed E-state index contributed by atoms with van der Waals surface area (Å²) < 4.78 is 85.8. The molecule has 0 radical (unpaired) electrons. The van der Waals surface area contributed by atoms with E-state index in [4.69, 9.17) is 4.42 Å². The number of amides is 5. The van der Waals surface area contributed by atoms with Crippen LogP contribution in [0.15, 0.2) is 150 Å². The molecule has 0 unspecified atom stereocenters. The van der Waals surface area contributed by atoms with Crippen molar-refractivity contribution < 1.29 is 49.9 Å². The third-order valence-electron chi connectivity index (χ3n) is 13.1. The SMILES string of the molecule is CN1CCN(C(=O)N(Cc2ccc(-c3nnc(C(F)F)o3)cc2F)c2cccc(-c3ccccc3)c2)CC1.CN1CCN(C(=O)N(Cc2ccc(C(=O)CNC(=O)C(F)F)cc2F)c2cccc(-c3ccccc3)c2)CC1. The summed E-state index contributed by atoms with van der Waals surface area (Å²) in [5, 5.41) is 8.70. The maximum absolute atomic E-state index is 15.3. The molecule has 2 fully saturated rings. The lowest BCUT2D eigenvalue weighted by Crippen LogP contribution is -2.52.